The van der Waals surface area contributed by atoms with Gasteiger partial charge < -0.3 is 10.6 Å². The van der Waals surface area contributed by atoms with Crippen LogP contribution in [0.25, 0.3) is 0 Å². The highest BCUT2D eigenvalue weighted by Gasteiger charge is 2.12. The summed E-state index contributed by atoms with van der Waals surface area (Å²) in [5, 5.41) is 15.8. The third-order valence-corrected chi connectivity index (χ3v) is 3.92. The number of benzene rings is 1. The van der Waals surface area contributed by atoms with Gasteiger partial charge in [0.15, 0.2) is 0 Å². The van der Waals surface area contributed by atoms with Crippen LogP contribution >= 0.6 is 15.9 Å². The molecule has 1 aliphatic rings. The van der Waals surface area contributed by atoms with Crippen molar-refractivity contribution in [2.24, 2.45) is 5.92 Å². The van der Waals surface area contributed by atoms with Gasteiger partial charge in [-0.25, -0.2) is 0 Å². The van der Waals surface area contributed by atoms with Crippen molar-refractivity contribution in [3.8, 4) is 6.07 Å². The van der Waals surface area contributed by atoms with Crippen molar-refractivity contribution in [1.29, 1.82) is 5.26 Å². The summed E-state index contributed by atoms with van der Waals surface area (Å²) in [6, 6.07) is 7.93. The van der Waals surface area contributed by atoms with E-state index in [9.17, 15) is 0 Å². The van der Waals surface area contributed by atoms with Crippen LogP contribution in [0.4, 0.5) is 5.69 Å². The summed E-state index contributed by atoms with van der Waals surface area (Å²) in [6.07, 6.45) is 3.72. The number of nitriles is 1. The first-order valence-electron chi connectivity index (χ1n) is 6.44. The molecule has 96 valence electrons. The molecule has 3 nitrogen and oxygen atoms in total. The molecular weight excluding hydrogens is 290 g/mol. The van der Waals surface area contributed by atoms with Crippen molar-refractivity contribution < 1.29 is 0 Å². The van der Waals surface area contributed by atoms with E-state index < -0.39 is 0 Å². The molecule has 4 heteroatoms. The summed E-state index contributed by atoms with van der Waals surface area (Å²) in [5.41, 5.74) is 1.64. The van der Waals surface area contributed by atoms with Gasteiger partial charge in [0.2, 0.25) is 0 Å². The Labute approximate surface area is 117 Å². The third-order valence-electron chi connectivity index (χ3n) is 3.43. The van der Waals surface area contributed by atoms with Crippen LogP contribution in [0.3, 0.4) is 0 Å². The largest absolute Gasteiger partial charge is 0.384 e. The van der Waals surface area contributed by atoms with Gasteiger partial charge in [-0.05, 0) is 56.5 Å². The normalized spacial score (nSPS) is 16.2. The average Bonchev–Trinajstić information content (AvgIpc) is 2.40. The second-order valence-electron chi connectivity index (χ2n) is 4.71. The lowest BCUT2D eigenvalue weighted by Crippen LogP contribution is -2.28. The fraction of sp³-hybridized carbons (Fsp3) is 0.500. The van der Waals surface area contributed by atoms with Gasteiger partial charge in [0.1, 0.15) is 6.07 Å². The molecule has 0 unspecified atom stereocenters. The number of rotatable bonds is 4. The molecular formula is C14H18BrN3. The van der Waals surface area contributed by atoms with Gasteiger partial charge in [-0.3, -0.25) is 0 Å². The van der Waals surface area contributed by atoms with Crippen molar-refractivity contribution in [1.82, 2.24) is 5.32 Å². The average molecular weight is 308 g/mol. The lowest BCUT2D eigenvalue weighted by Gasteiger charge is -2.22. The van der Waals surface area contributed by atoms with Gasteiger partial charge in [0.05, 0.1) is 11.3 Å². The standard InChI is InChI=1S/C14H18BrN3/c15-13-2-1-12(10-16)14(9-13)18-8-5-11-3-6-17-7-4-11/h1-2,9,11,17-18H,3-8H2. The van der Waals surface area contributed by atoms with E-state index in [1.807, 2.05) is 18.2 Å². The molecule has 1 fully saturated rings. The Balaban J connectivity index is 1.86. The fourth-order valence-electron chi connectivity index (χ4n) is 2.34. The lowest BCUT2D eigenvalue weighted by molar-refractivity contribution is 0.361. The van der Waals surface area contributed by atoms with Crippen LogP contribution in [0.15, 0.2) is 22.7 Å². The molecule has 1 aliphatic heterocycles. The number of anilines is 1. The lowest BCUT2D eigenvalue weighted by atomic mass is 9.95. The van der Waals surface area contributed by atoms with Crippen molar-refractivity contribution in [3.63, 3.8) is 0 Å². The van der Waals surface area contributed by atoms with Gasteiger partial charge in [0.25, 0.3) is 0 Å². The molecule has 0 bridgehead atoms. The SMILES string of the molecule is N#Cc1ccc(Br)cc1NCCC1CCNCC1. The molecule has 18 heavy (non-hydrogen) atoms. The van der Waals surface area contributed by atoms with E-state index in [4.69, 9.17) is 5.26 Å². The zero-order valence-electron chi connectivity index (χ0n) is 10.4. The van der Waals surface area contributed by atoms with Crippen molar-refractivity contribution in [3.05, 3.63) is 28.2 Å². The van der Waals surface area contributed by atoms with Crippen molar-refractivity contribution in [2.75, 3.05) is 25.0 Å². The van der Waals surface area contributed by atoms with E-state index in [0.717, 1.165) is 35.7 Å². The molecule has 1 aromatic rings. The Morgan fingerprint density at radius 1 is 1.39 bits per heavy atom. The number of piperidine rings is 1. The zero-order chi connectivity index (χ0) is 12.8. The minimum absolute atomic E-state index is 0.712. The molecule has 1 aromatic carbocycles. The highest BCUT2D eigenvalue weighted by Crippen LogP contribution is 2.22. The minimum atomic E-state index is 0.712. The molecule has 2 N–H and O–H groups in total. The van der Waals surface area contributed by atoms with E-state index in [0.29, 0.717) is 5.56 Å². The highest BCUT2D eigenvalue weighted by atomic mass is 79.9. The predicted molar refractivity (Wildman–Crippen MR) is 77.6 cm³/mol. The van der Waals surface area contributed by atoms with E-state index in [1.165, 1.54) is 19.3 Å². The molecule has 0 spiro atoms. The number of nitrogens with zero attached hydrogens (tertiary/aromatic N) is 1. The summed E-state index contributed by atoms with van der Waals surface area (Å²) >= 11 is 3.44. The van der Waals surface area contributed by atoms with Crippen LogP contribution in [0.5, 0.6) is 0 Å². The number of hydrogen-bond acceptors (Lipinski definition) is 3. The van der Waals surface area contributed by atoms with E-state index in [-0.39, 0.29) is 0 Å². The van der Waals surface area contributed by atoms with Crippen LogP contribution in [-0.4, -0.2) is 19.6 Å². The number of hydrogen-bond donors (Lipinski definition) is 2. The van der Waals surface area contributed by atoms with Crippen molar-refractivity contribution in [2.45, 2.75) is 19.3 Å². The Morgan fingerprint density at radius 3 is 2.89 bits per heavy atom. The van der Waals surface area contributed by atoms with Gasteiger partial charge in [0, 0.05) is 11.0 Å². The second kappa shape index (κ2) is 6.77. The van der Waals surface area contributed by atoms with E-state index in [1.54, 1.807) is 0 Å². The molecule has 2 rings (SSSR count). The van der Waals surface area contributed by atoms with Gasteiger partial charge in [-0.1, -0.05) is 15.9 Å². The molecule has 0 saturated carbocycles. The van der Waals surface area contributed by atoms with Crippen LogP contribution in [0.2, 0.25) is 0 Å². The Hall–Kier alpha value is -1.05. The minimum Gasteiger partial charge on any atom is -0.384 e. The highest BCUT2D eigenvalue weighted by molar-refractivity contribution is 9.10. The maximum Gasteiger partial charge on any atom is 0.101 e. The van der Waals surface area contributed by atoms with Gasteiger partial charge >= 0.3 is 0 Å². The van der Waals surface area contributed by atoms with Crippen LogP contribution in [-0.2, 0) is 0 Å². The maximum atomic E-state index is 9.04. The van der Waals surface area contributed by atoms with E-state index in [2.05, 4.69) is 32.6 Å². The summed E-state index contributed by atoms with van der Waals surface area (Å²) in [7, 11) is 0. The summed E-state index contributed by atoms with van der Waals surface area (Å²) in [4.78, 5) is 0. The summed E-state index contributed by atoms with van der Waals surface area (Å²) in [5.74, 6) is 0.816. The molecule has 0 amide bonds. The van der Waals surface area contributed by atoms with Crippen molar-refractivity contribution >= 4 is 21.6 Å². The summed E-state index contributed by atoms with van der Waals surface area (Å²) < 4.78 is 1.01. The maximum absolute atomic E-state index is 9.04. The quantitative estimate of drug-likeness (QED) is 0.898. The monoisotopic (exact) mass is 307 g/mol. The topological polar surface area (TPSA) is 47.9 Å². The van der Waals surface area contributed by atoms with Crippen LogP contribution in [0.1, 0.15) is 24.8 Å². The second-order valence-corrected chi connectivity index (χ2v) is 5.63. The number of nitrogens with one attached hydrogen (secondary N) is 2. The number of halogens is 1. The zero-order valence-corrected chi connectivity index (χ0v) is 12.0. The van der Waals surface area contributed by atoms with Gasteiger partial charge in [-0.2, -0.15) is 5.26 Å². The molecule has 1 saturated heterocycles. The third kappa shape index (κ3) is 3.72. The first-order chi connectivity index (χ1) is 8.79. The molecule has 0 radical (unpaired) electrons. The first kappa shape index (κ1) is 13.4. The van der Waals surface area contributed by atoms with Crippen LogP contribution < -0.4 is 10.6 Å². The Morgan fingerprint density at radius 2 is 2.17 bits per heavy atom. The Bertz CT molecular complexity index is 433. The predicted octanol–water partition coefficient (Wildman–Crippen LogP) is 3.12. The molecule has 0 atom stereocenters. The Kier molecular flexibility index (Phi) is 5.03. The smallest absolute Gasteiger partial charge is 0.101 e. The fourth-order valence-corrected chi connectivity index (χ4v) is 2.70. The molecule has 0 aromatic heterocycles. The molecule has 0 aliphatic carbocycles. The van der Waals surface area contributed by atoms with Gasteiger partial charge in [-0.15, -0.1) is 0 Å². The molecule has 1 heterocycles. The van der Waals surface area contributed by atoms with Crippen LogP contribution in [0, 0.1) is 17.2 Å². The van der Waals surface area contributed by atoms with E-state index >= 15 is 0 Å². The first-order valence-corrected chi connectivity index (χ1v) is 7.23. The summed E-state index contributed by atoms with van der Waals surface area (Å²) in [6.45, 7) is 3.23.